The van der Waals surface area contributed by atoms with Gasteiger partial charge in [-0.15, -0.1) is 0 Å². The van der Waals surface area contributed by atoms with Gasteiger partial charge in [0.25, 0.3) is 5.91 Å². The first kappa shape index (κ1) is 18.2. The average molecular weight is 369 g/mol. The highest BCUT2D eigenvalue weighted by atomic mass is 16.3. The Morgan fingerprint density at radius 1 is 0.893 bits per heavy atom. The minimum Gasteiger partial charge on any atom is -0.388 e. The van der Waals surface area contributed by atoms with E-state index in [9.17, 15) is 9.90 Å². The predicted molar refractivity (Wildman–Crippen MR) is 113 cm³/mol. The van der Waals surface area contributed by atoms with Gasteiger partial charge >= 0.3 is 0 Å². The molecule has 3 aromatic carbocycles. The molecule has 0 bridgehead atoms. The van der Waals surface area contributed by atoms with E-state index in [-0.39, 0.29) is 5.91 Å². The number of amides is 1. The quantitative estimate of drug-likeness (QED) is 0.633. The minimum atomic E-state index is -0.628. The third-order valence-corrected chi connectivity index (χ3v) is 5.22. The maximum Gasteiger partial charge on any atom is 0.259 e. The molecule has 1 heterocycles. The number of nitrogens with zero attached hydrogens (tertiary/aromatic N) is 1. The molecule has 1 unspecified atom stereocenters. The maximum absolute atomic E-state index is 13.3. The Kier molecular flexibility index (Phi) is 5.09. The van der Waals surface area contributed by atoms with Gasteiger partial charge in [0.15, 0.2) is 0 Å². The first-order chi connectivity index (χ1) is 13.6. The Hall–Kier alpha value is -3.17. The summed E-state index contributed by atoms with van der Waals surface area (Å²) in [6, 6.07) is 27.5. The van der Waals surface area contributed by atoms with Crippen LogP contribution in [0, 0.1) is 0 Å². The van der Waals surface area contributed by atoms with Gasteiger partial charge in [-0.3, -0.25) is 4.79 Å². The number of carbonyl (C=O) groups is 1. The Morgan fingerprint density at radius 2 is 1.50 bits per heavy atom. The van der Waals surface area contributed by atoms with E-state index in [1.807, 2.05) is 96.8 Å². The highest BCUT2D eigenvalue weighted by molar-refractivity contribution is 6.33. The third-order valence-electron chi connectivity index (χ3n) is 5.22. The lowest BCUT2D eigenvalue weighted by Gasteiger charge is -2.17. The summed E-state index contributed by atoms with van der Waals surface area (Å²) in [7, 11) is 0. The average Bonchev–Trinajstić information content (AvgIpc) is 3.01. The van der Waals surface area contributed by atoms with Crippen LogP contribution < -0.4 is 4.90 Å². The molecule has 4 rings (SSSR count). The minimum absolute atomic E-state index is 0.00261. The van der Waals surface area contributed by atoms with Crippen LogP contribution in [0.25, 0.3) is 5.57 Å². The second kappa shape index (κ2) is 7.83. The lowest BCUT2D eigenvalue weighted by Crippen LogP contribution is -2.26. The summed E-state index contributed by atoms with van der Waals surface area (Å²) in [5.41, 5.74) is 5.45. The molecule has 0 saturated carbocycles. The number of anilines is 1. The Morgan fingerprint density at radius 3 is 2.21 bits per heavy atom. The van der Waals surface area contributed by atoms with Crippen LogP contribution in [-0.2, 0) is 11.3 Å². The molecule has 1 aliphatic heterocycles. The van der Waals surface area contributed by atoms with Crippen LogP contribution >= 0.6 is 0 Å². The predicted octanol–water partition coefficient (Wildman–Crippen LogP) is 5.13. The zero-order chi connectivity index (χ0) is 19.5. The number of aliphatic hydroxyl groups is 1. The Bertz CT molecular complexity index is 1010. The van der Waals surface area contributed by atoms with E-state index in [0.717, 1.165) is 28.0 Å². The van der Waals surface area contributed by atoms with Crippen molar-refractivity contribution in [3.05, 3.63) is 107 Å². The first-order valence-electron chi connectivity index (χ1n) is 9.53. The van der Waals surface area contributed by atoms with E-state index in [1.54, 1.807) is 0 Å². The number of rotatable bonds is 5. The monoisotopic (exact) mass is 369 g/mol. The molecule has 1 N–H and O–H groups in total. The molecule has 3 heteroatoms. The van der Waals surface area contributed by atoms with E-state index < -0.39 is 6.10 Å². The standard InChI is InChI=1S/C25H23NO2/c1-18(16-23(27)20-12-6-3-7-13-20)24-21-14-8-9-15-22(21)26(25(24)28)17-19-10-4-2-5-11-19/h2-15,23,27H,16-17H2,1H3/b24-18-. The summed E-state index contributed by atoms with van der Waals surface area (Å²) in [5, 5.41) is 10.6. The lowest BCUT2D eigenvalue weighted by molar-refractivity contribution is -0.113. The fourth-order valence-electron chi connectivity index (χ4n) is 3.80. The summed E-state index contributed by atoms with van der Waals surface area (Å²) in [6.45, 7) is 2.48. The first-order valence-corrected chi connectivity index (χ1v) is 9.53. The molecular formula is C25H23NO2. The number of hydrogen-bond donors (Lipinski definition) is 1. The van der Waals surface area contributed by atoms with Crippen molar-refractivity contribution in [1.82, 2.24) is 0 Å². The van der Waals surface area contributed by atoms with Crippen molar-refractivity contribution in [2.24, 2.45) is 0 Å². The fourth-order valence-corrected chi connectivity index (χ4v) is 3.80. The number of benzene rings is 3. The van der Waals surface area contributed by atoms with Gasteiger partial charge in [-0.2, -0.15) is 0 Å². The molecular weight excluding hydrogens is 346 g/mol. The van der Waals surface area contributed by atoms with Crippen LogP contribution in [-0.4, -0.2) is 11.0 Å². The van der Waals surface area contributed by atoms with Crippen LogP contribution in [0.5, 0.6) is 0 Å². The zero-order valence-corrected chi connectivity index (χ0v) is 15.9. The molecule has 28 heavy (non-hydrogen) atoms. The van der Waals surface area contributed by atoms with Crippen LogP contribution in [0.1, 0.15) is 36.1 Å². The normalized spacial score (nSPS) is 16.1. The zero-order valence-electron chi connectivity index (χ0n) is 15.9. The van der Waals surface area contributed by atoms with Crippen LogP contribution in [0.2, 0.25) is 0 Å². The smallest absolute Gasteiger partial charge is 0.259 e. The summed E-state index contributed by atoms with van der Waals surface area (Å²) < 4.78 is 0. The van der Waals surface area contributed by atoms with Crippen LogP contribution in [0.15, 0.2) is 90.5 Å². The van der Waals surface area contributed by atoms with E-state index in [4.69, 9.17) is 0 Å². The number of fused-ring (bicyclic) bond motifs is 1. The molecule has 0 aromatic heterocycles. The molecule has 0 fully saturated rings. The molecule has 1 atom stereocenters. The van der Waals surface area contributed by atoms with Crippen molar-refractivity contribution in [1.29, 1.82) is 0 Å². The Labute approximate surface area is 165 Å². The van der Waals surface area contributed by atoms with Gasteiger partial charge in [0.1, 0.15) is 0 Å². The molecule has 1 aliphatic rings. The van der Waals surface area contributed by atoms with Crippen molar-refractivity contribution < 1.29 is 9.90 Å². The number of aliphatic hydroxyl groups excluding tert-OH is 1. The van der Waals surface area contributed by atoms with E-state index >= 15 is 0 Å². The third kappa shape index (κ3) is 3.49. The van der Waals surface area contributed by atoms with E-state index in [1.165, 1.54) is 0 Å². The molecule has 3 aromatic rings. The largest absolute Gasteiger partial charge is 0.388 e. The van der Waals surface area contributed by atoms with Crippen molar-refractivity contribution in [2.45, 2.75) is 26.0 Å². The van der Waals surface area contributed by atoms with Crippen LogP contribution in [0.4, 0.5) is 5.69 Å². The topological polar surface area (TPSA) is 40.5 Å². The second-order valence-electron chi connectivity index (χ2n) is 7.18. The van der Waals surface area contributed by atoms with Crippen molar-refractivity contribution in [2.75, 3.05) is 4.90 Å². The molecule has 0 aliphatic carbocycles. The number of para-hydroxylation sites is 1. The summed E-state index contributed by atoms with van der Waals surface area (Å²) in [6.07, 6.45) is -0.199. The highest BCUT2D eigenvalue weighted by Crippen LogP contribution is 2.40. The highest BCUT2D eigenvalue weighted by Gasteiger charge is 2.33. The van der Waals surface area contributed by atoms with Crippen LogP contribution in [0.3, 0.4) is 0 Å². The van der Waals surface area contributed by atoms with Gasteiger partial charge < -0.3 is 10.0 Å². The fraction of sp³-hybridized carbons (Fsp3) is 0.160. The van der Waals surface area contributed by atoms with Gasteiger partial charge in [-0.25, -0.2) is 0 Å². The molecule has 1 amide bonds. The van der Waals surface area contributed by atoms with Gasteiger partial charge in [-0.05, 0) is 30.5 Å². The Balaban J connectivity index is 1.67. The SMILES string of the molecule is C/C(CC(O)c1ccccc1)=C1/C(=O)N(Cc2ccccc2)c2ccccc21. The molecule has 140 valence electrons. The summed E-state index contributed by atoms with van der Waals surface area (Å²) in [4.78, 5) is 15.1. The number of carbonyl (C=O) groups excluding carboxylic acids is 1. The van der Waals surface area contributed by atoms with Crippen molar-refractivity contribution in [3.63, 3.8) is 0 Å². The molecule has 0 saturated heterocycles. The number of hydrogen-bond acceptors (Lipinski definition) is 2. The van der Waals surface area contributed by atoms with Crippen molar-refractivity contribution in [3.8, 4) is 0 Å². The van der Waals surface area contributed by atoms with Gasteiger partial charge in [0, 0.05) is 11.1 Å². The van der Waals surface area contributed by atoms with Gasteiger partial charge in [0.2, 0.25) is 0 Å². The van der Waals surface area contributed by atoms with Gasteiger partial charge in [-0.1, -0.05) is 84.4 Å². The molecule has 3 nitrogen and oxygen atoms in total. The summed E-state index contributed by atoms with van der Waals surface area (Å²) >= 11 is 0. The maximum atomic E-state index is 13.3. The summed E-state index contributed by atoms with van der Waals surface area (Å²) in [5.74, 6) is 0.00261. The lowest BCUT2D eigenvalue weighted by atomic mass is 9.95. The van der Waals surface area contributed by atoms with E-state index in [2.05, 4.69) is 0 Å². The van der Waals surface area contributed by atoms with Crippen molar-refractivity contribution >= 4 is 17.2 Å². The molecule has 0 radical (unpaired) electrons. The molecule has 0 spiro atoms. The second-order valence-corrected chi connectivity index (χ2v) is 7.18. The van der Waals surface area contributed by atoms with E-state index in [0.29, 0.717) is 18.5 Å². The van der Waals surface area contributed by atoms with Gasteiger partial charge in [0.05, 0.1) is 18.3 Å².